The van der Waals surface area contributed by atoms with Crippen LogP contribution >= 0.6 is 23.4 Å². The number of aromatic nitrogens is 3. The lowest BCUT2D eigenvalue weighted by molar-refractivity contribution is -0.150. The summed E-state index contributed by atoms with van der Waals surface area (Å²) in [6.45, 7) is 10.0. The van der Waals surface area contributed by atoms with Crippen molar-refractivity contribution in [2.75, 3.05) is 0 Å². The van der Waals surface area contributed by atoms with Gasteiger partial charge in [-0.3, -0.25) is 0 Å². The van der Waals surface area contributed by atoms with Gasteiger partial charge in [-0.1, -0.05) is 17.7 Å². The van der Waals surface area contributed by atoms with Crippen molar-refractivity contribution in [3.05, 3.63) is 36.4 Å². The van der Waals surface area contributed by atoms with Crippen LogP contribution in [0.3, 0.4) is 0 Å². The fourth-order valence-corrected chi connectivity index (χ4v) is 5.10. The summed E-state index contributed by atoms with van der Waals surface area (Å²) in [4.78, 5) is 8.45. The molecular weight excluding hydrogens is 334 g/mol. The third kappa shape index (κ3) is 2.23. The molecule has 0 bridgehead atoms. The monoisotopic (exact) mass is 351 g/mol. The number of fused-ring (bicyclic) bond motifs is 2. The quantitative estimate of drug-likeness (QED) is 0.608. The maximum absolute atomic E-state index is 6.20. The van der Waals surface area contributed by atoms with Crippen LogP contribution in [-0.4, -0.2) is 37.3 Å². The van der Waals surface area contributed by atoms with Crippen LogP contribution < -0.4 is 0 Å². The average Bonchev–Trinajstić information content (AvgIpc) is 3.12. The Kier molecular flexibility index (Phi) is 3.33. The van der Waals surface area contributed by atoms with E-state index in [4.69, 9.17) is 21.1 Å². The van der Waals surface area contributed by atoms with Crippen LogP contribution in [0.1, 0.15) is 26.1 Å². The minimum atomic E-state index is -0.603. The first-order chi connectivity index (χ1) is 10.8. The lowest BCUT2D eigenvalue weighted by Crippen LogP contribution is -2.35. The van der Waals surface area contributed by atoms with Crippen molar-refractivity contribution in [2.24, 2.45) is 0 Å². The van der Waals surface area contributed by atoms with Crippen molar-refractivity contribution in [1.82, 2.24) is 14.5 Å². The van der Waals surface area contributed by atoms with Crippen molar-refractivity contribution in [2.45, 2.75) is 48.9 Å². The number of thioether (sulfide) groups is 1. The second-order valence-corrected chi connectivity index (χ2v) is 8.50. The van der Waals surface area contributed by atoms with Crippen LogP contribution in [0.2, 0.25) is 5.15 Å². The van der Waals surface area contributed by atoms with E-state index in [0.29, 0.717) is 5.15 Å². The number of hydrogen-bond acceptors (Lipinski definition) is 5. The summed E-state index contributed by atoms with van der Waals surface area (Å²) >= 11 is 7.95. The van der Waals surface area contributed by atoms with Gasteiger partial charge in [-0.25, -0.2) is 9.97 Å². The van der Waals surface area contributed by atoms with Crippen molar-refractivity contribution in [3.63, 3.8) is 0 Å². The Balaban J connectivity index is 1.82. The zero-order valence-electron chi connectivity index (χ0n) is 13.2. The molecule has 0 spiro atoms. The highest BCUT2D eigenvalue weighted by atomic mass is 35.5. The maximum atomic E-state index is 6.20. The molecule has 5 nitrogen and oxygen atoms in total. The Labute approximate surface area is 144 Å². The number of halogens is 1. The van der Waals surface area contributed by atoms with Gasteiger partial charge in [0, 0.05) is 6.20 Å². The molecule has 7 heteroatoms. The molecule has 4 rings (SSSR count). The first kappa shape index (κ1) is 15.4. The summed E-state index contributed by atoms with van der Waals surface area (Å²) in [6, 6.07) is 1.94. The Morgan fingerprint density at radius 1 is 1.35 bits per heavy atom. The summed E-state index contributed by atoms with van der Waals surface area (Å²) in [5.41, 5.74) is 0.808. The van der Waals surface area contributed by atoms with Crippen molar-refractivity contribution < 1.29 is 9.47 Å². The molecular formula is C16H18ClN3O2S. The van der Waals surface area contributed by atoms with Gasteiger partial charge in [-0.2, -0.15) is 0 Å². The van der Waals surface area contributed by atoms with Gasteiger partial charge in [0.15, 0.2) is 5.79 Å². The highest BCUT2D eigenvalue weighted by Gasteiger charge is 2.59. The number of hydrogen-bond donors (Lipinski definition) is 0. The zero-order valence-corrected chi connectivity index (χ0v) is 14.8. The topological polar surface area (TPSA) is 49.2 Å². The van der Waals surface area contributed by atoms with E-state index in [2.05, 4.69) is 28.0 Å². The summed E-state index contributed by atoms with van der Waals surface area (Å²) in [5, 5.41) is 1.34. The van der Waals surface area contributed by atoms with Crippen molar-refractivity contribution in [1.29, 1.82) is 0 Å². The molecule has 2 aliphatic rings. The van der Waals surface area contributed by atoms with Gasteiger partial charge in [0.25, 0.3) is 0 Å². The van der Waals surface area contributed by atoms with Gasteiger partial charge in [-0.05, 0) is 26.8 Å². The van der Waals surface area contributed by atoms with Gasteiger partial charge in [0.05, 0.1) is 10.1 Å². The molecule has 4 heterocycles. The van der Waals surface area contributed by atoms with E-state index in [1.165, 1.54) is 6.33 Å². The van der Waals surface area contributed by atoms with E-state index in [1.807, 2.05) is 32.2 Å². The van der Waals surface area contributed by atoms with Crippen LogP contribution in [0.4, 0.5) is 0 Å². The third-order valence-corrected chi connectivity index (χ3v) is 6.43. The molecule has 2 saturated heterocycles. The minimum absolute atomic E-state index is 0.0354. The lowest BCUT2D eigenvalue weighted by Gasteiger charge is -2.28. The Bertz CT molecular complexity index is 793. The highest BCUT2D eigenvalue weighted by Crippen LogP contribution is 2.57. The molecule has 0 saturated carbocycles. The molecule has 2 aliphatic heterocycles. The Morgan fingerprint density at radius 3 is 2.87 bits per heavy atom. The second kappa shape index (κ2) is 4.96. The molecule has 2 aromatic heterocycles. The molecule has 0 aromatic carbocycles. The van der Waals surface area contributed by atoms with Crippen molar-refractivity contribution in [3.8, 4) is 0 Å². The van der Waals surface area contributed by atoms with Crippen molar-refractivity contribution >= 4 is 34.4 Å². The molecule has 0 unspecified atom stereocenters. The van der Waals surface area contributed by atoms with Gasteiger partial charge in [0.1, 0.15) is 34.7 Å². The predicted molar refractivity (Wildman–Crippen MR) is 91.6 cm³/mol. The standard InChI is InChI=1S/C16H18ClN3O2S/c1-5-16(4)11-10(21-15(2,3)22-11)14(23-16)20-7-6-9-12(17)18-8-19-13(9)20/h5-8,10-11,14H,1H2,2-4H3/t10-,11+,14-,16-/m1/s1. The van der Waals surface area contributed by atoms with E-state index in [1.54, 1.807) is 11.8 Å². The molecule has 0 N–H and O–H groups in total. The molecule has 4 atom stereocenters. The summed E-state index contributed by atoms with van der Waals surface area (Å²) in [6.07, 6.45) is 5.29. The van der Waals surface area contributed by atoms with Crippen LogP contribution in [0, 0.1) is 0 Å². The van der Waals surface area contributed by atoms with E-state index in [0.717, 1.165) is 11.0 Å². The number of rotatable bonds is 2. The van der Waals surface area contributed by atoms with Crippen LogP contribution in [-0.2, 0) is 9.47 Å². The summed E-state index contributed by atoms with van der Waals surface area (Å²) in [7, 11) is 0. The van der Waals surface area contributed by atoms with Gasteiger partial charge in [-0.15, -0.1) is 18.3 Å². The average molecular weight is 352 g/mol. The summed E-state index contributed by atoms with van der Waals surface area (Å²) in [5.74, 6) is -0.603. The maximum Gasteiger partial charge on any atom is 0.163 e. The Hall–Kier alpha value is -1.08. The first-order valence-corrected chi connectivity index (χ1v) is 8.74. The molecule has 23 heavy (non-hydrogen) atoms. The van der Waals surface area contributed by atoms with E-state index in [9.17, 15) is 0 Å². The van der Waals surface area contributed by atoms with Crippen LogP contribution in [0.25, 0.3) is 11.0 Å². The molecule has 0 amide bonds. The fraction of sp³-hybridized carbons (Fsp3) is 0.500. The number of ether oxygens (including phenoxy) is 2. The molecule has 122 valence electrons. The van der Waals surface area contributed by atoms with E-state index < -0.39 is 5.79 Å². The molecule has 0 aliphatic carbocycles. The largest absolute Gasteiger partial charge is 0.343 e. The second-order valence-electron chi connectivity index (χ2n) is 6.54. The molecule has 0 radical (unpaired) electrons. The minimum Gasteiger partial charge on any atom is -0.343 e. The lowest BCUT2D eigenvalue weighted by atomic mass is 9.99. The molecule has 2 fully saturated rings. The highest BCUT2D eigenvalue weighted by molar-refractivity contribution is 8.01. The van der Waals surface area contributed by atoms with E-state index in [-0.39, 0.29) is 22.3 Å². The SMILES string of the molecule is C=C[C@@]1(C)S[C@@H](n2ccc3c(Cl)ncnc32)[C@@H]2OC(C)(C)O[C@@H]21. The number of nitrogens with zero attached hydrogens (tertiary/aromatic N) is 3. The zero-order chi connectivity index (χ0) is 16.4. The molecule has 2 aromatic rings. The van der Waals surface area contributed by atoms with E-state index >= 15 is 0 Å². The first-order valence-electron chi connectivity index (χ1n) is 7.49. The normalized spacial score (nSPS) is 35.6. The predicted octanol–water partition coefficient (Wildman–Crippen LogP) is 3.79. The van der Waals surface area contributed by atoms with Crippen LogP contribution in [0.15, 0.2) is 31.2 Å². The Morgan fingerprint density at radius 2 is 2.13 bits per heavy atom. The third-order valence-electron chi connectivity index (χ3n) is 4.49. The van der Waals surface area contributed by atoms with Gasteiger partial charge in [0.2, 0.25) is 0 Å². The summed E-state index contributed by atoms with van der Waals surface area (Å²) < 4.78 is 14.2. The fourth-order valence-electron chi connectivity index (χ4n) is 3.36. The van der Waals surface area contributed by atoms with Gasteiger partial charge < -0.3 is 14.0 Å². The van der Waals surface area contributed by atoms with Crippen LogP contribution in [0.5, 0.6) is 0 Å². The van der Waals surface area contributed by atoms with Gasteiger partial charge >= 0.3 is 0 Å². The smallest absolute Gasteiger partial charge is 0.163 e.